The van der Waals surface area contributed by atoms with Gasteiger partial charge in [0.15, 0.2) is 0 Å². The van der Waals surface area contributed by atoms with Crippen LogP contribution in [0.2, 0.25) is 0 Å². The molecule has 0 spiro atoms. The highest BCUT2D eigenvalue weighted by Gasteiger charge is 2.17. The molecule has 5 nitrogen and oxygen atoms in total. The molecule has 164 valence electrons. The van der Waals surface area contributed by atoms with Crippen LogP contribution in [0.15, 0.2) is 0 Å². The Hall–Kier alpha value is 0.0700. The van der Waals surface area contributed by atoms with E-state index in [1.54, 1.807) is 0 Å². The molecule has 0 fully saturated rings. The average Bonchev–Trinajstić information content (AvgIpc) is 2.58. The van der Waals surface area contributed by atoms with Gasteiger partial charge in [-0.2, -0.15) is 0 Å². The van der Waals surface area contributed by atoms with Gasteiger partial charge in [0.25, 0.3) is 0 Å². The van der Waals surface area contributed by atoms with Crippen LogP contribution in [-0.4, -0.2) is 48.1 Å². The maximum Gasteiger partial charge on any atom is 0.469 e. The number of phosphoric ester groups is 1. The third-order valence-electron chi connectivity index (χ3n) is 5.28. The van der Waals surface area contributed by atoms with Gasteiger partial charge in [-0.25, -0.2) is 4.57 Å². The van der Waals surface area contributed by atoms with Crippen molar-refractivity contribution in [2.45, 2.75) is 103 Å². The molecule has 0 saturated heterocycles. The van der Waals surface area contributed by atoms with E-state index in [2.05, 4.69) is 25.5 Å². The minimum Gasteiger partial charge on any atom is -0.328 e. The summed E-state index contributed by atoms with van der Waals surface area (Å²) < 4.78 is 16.0. The van der Waals surface area contributed by atoms with Crippen molar-refractivity contribution in [1.82, 2.24) is 0 Å². The van der Waals surface area contributed by atoms with E-state index in [1.165, 1.54) is 89.9 Å². The molecule has 2 N–H and O–H groups in total. The van der Waals surface area contributed by atoms with E-state index in [-0.39, 0.29) is 6.61 Å². The van der Waals surface area contributed by atoms with Gasteiger partial charge in [0, 0.05) is 6.42 Å². The number of rotatable bonds is 20. The second kappa shape index (κ2) is 17.0. The molecule has 0 amide bonds. The van der Waals surface area contributed by atoms with Gasteiger partial charge in [-0.3, -0.25) is 4.52 Å². The highest BCUT2D eigenvalue weighted by molar-refractivity contribution is 7.46. The minimum absolute atomic E-state index is 0.130. The fourth-order valence-electron chi connectivity index (χ4n) is 3.52. The fourth-order valence-corrected chi connectivity index (χ4v) is 3.89. The van der Waals surface area contributed by atoms with Gasteiger partial charge >= 0.3 is 7.82 Å². The largest absolute Gasteiger partial charge is 0.469 e. The van der Waals surface area contributed by atoms with Crippen LogP contribution in [0.5, 0.6) is 0 Å². The van der Waals surface area contributed by atoms with Gasteiger partial charge < -0.3 is 14.3 Å². The maximum atomic E-state index is 10.6. The van der Waals surface area contributed by atoms with E-state index in [4.69, 9.17) is 9.79 Å². The average molecular weight is 409 g/mol. The van der Waals surface area contributed by atoms with E-state index in [0.29, 0.717) is 6.42 Å². The molecule has 6 heteroatoms. The second-order valence-corrected chi connectivity index (χ2v) is 9.90. The van der Waals surface area contributed by atoms with Gasteiger partial charge in [0.05, 0.1) is 33.8 Å². The van der Waals surface area contributed by atoms with E-state index in [9.17, 15) is 4.57 Å². The van der Waals surface area contributed by atoms with Crippen LogP contribution >= 0.6 is 7.82 Å². The molecular formula is C21H47NO4P+. The molecule has 0 rings (SSSR count). The second-order valence-electron chi connectivity index (χ2n) is 8.66. The van der Waals surface area contributed by atoms with Crippen LogP contribution in [0.1, 0.15) is 103 Å². The normalized spacial score (nSPS) is 12.6. The van der Waals surface area contributed by atoms with Crippen LogP contribution in [-0.2, 0) is 9.09 Å². The monoisotopic (exact) mass is 408 g/mol. The summed E-state index contributed by atoms with van der Waals surface area (Å²) in [5.74, 6) is 0. The van der Waals surface area contributed by atoms with Crippen molar-refractivity contribution < 1.29 is 23.4 Å². The van der Waals surface area contributed by atoms with Crippen molar-refractivity contribution in [3.8, 4) is 0 Å². The quantitative estimate of drug-likeness (QED) is 0.146. The van der Waals surface area contributed by atoms with Crippen LogP contribution < -0.4 is 0 Å². The molecule has 0 aliphatic rings. The molecule has 0 unspecified atom stereocenters. The summed E-state index contributed by atoms with van der Waals surface area (Å²) in [6.07, 6.45) is 20.0. The fraction of sp³-hybridized carbons (Fsp3) is 1.00. The SMILES string of the molecule is CCCCCCCCCCCCCCCC[N+](C)(C)CCCOP(=O)(O)O. The first-order chi connectivity index (χ1) is 12.8. The molecule has 0 aromatic heterocycles. The van der Waals surface area contributed by atoms with Crippen molar-refractivity contribution in [2.75, 3.05) is 33.8 Å². The summed E-state index contributed by atoms with van der Waals surface area (Å²) >= 11 is 0. The smallest absolute Gasteiger partial charge is 0.328 e. The van der Waals surface area contributed by atoms with Gasteiger partial charge in [-0.05, 0) is 12.8 Å². The summed E-state index contributed by atoms with van der Waals surface area (Å²) in [5, 5.41) is 0. The molecule has 0 aromatic rings. The lowest BCUT2D eigenvalue weighted by atomic mass is 10.0. The molecule has 0 aliphatic heterocycles. The third-order valence-corrected chi connectivity index (χ3v) is 5.80. The number of nitrogens with zero attached hydrogens (tertiary/aromatic N) is 1. The number of quaternary nitrogens is 1. The molecule has 0 heterocycles. The molecule has 0 radical (unpaired) electrons. The molecule has 0 atom stereocenters. The van der Waals surface area contributed by atoms with Crippen molar-refractivity contribution in [2.24, 2.45) is 0 Å². The first kappa shape index (κ1) is 27.1. The van der Waals surface area contributed by atoms with E-state index >= 15 is 0 Å². The Morgan fingerprint density at radius 1 is 0.667 bits per heavy atom. The molecule has 0 aliphatic carbocycles. The third kappa shape index (κ3) is 22.2. The predicted octanol–water partition coefficient (Wildman–Crippen LogP) is 6.04. The van der Waals surface area contributed by atoms with Gasteiger partial charge in [0.2, 0.25) is 0 Å². The topological polar surface area (TPSA) is 66.8 Å². The maximum absolute atomic E-state index is 10.6. The Bertz CT molecular complexity index is 371. The van der Waals surface area contributed by atoms with E-state index < -0.39 is 7.82 Å². The van der Waals surface area contributed by atoms with Crippen molar-refractivity contribution in [1.29, 1.82) is 0 Å². The minimum atomic E-state index is -4.31. The van der Waals surface area contributed by atoms with Crippen molar-refractivity contribution >= 4 is 7.82 Å². The lowest BCUT2D eigenvalue weighted by Crippen LogP contribution is -2.41. The van der Waals surface area contributed by atoms with Crippen LogP contribution in [0.25, 0.3) is 0 Å². The van der Waals surface area contributed by atoms with Crippen molar-refractivity contribution in [3.05, 3.63) is 0 Å². The first-order valence-electron chi connectivity index (χ1n) is 11.3. The lowest BCUT2D eigenvalue weighted by molar-refractivity contribution is -0.890. The van der Waals surface area contributed by atoms with E-state index in [0.717, 1.165) is 17.6 Å². The van der Waals surface area contributed by atoms with Crippen LogP contribution in [0.4, 0.5) is 0 Å². The van der Waals surface area contributed by atoms with E-state index in [1.807, 2.05) is 0 Å². The molecule has 27 heavy (non-hydrogen) atoms. The van der Waals surface area contributed by atoms with Crippen LogP contribution in [0.3, 0.4) is 0 Å². The molecule has 0 aromatic carbocycles. The van der Waals surface area contributed by atoms with Crippen LogP contribution in [0, 0.1) is 0 Å². The zero-order valence-electron chi connectivity index (χ0n) is 18.3. The highest BCUT2D eigenvalue weighted by Crippen LogP contribution is 2.35. The Labute approximate surface area is 168 Å². The summed E-state index contributed by atoms with van der Waals surface area (Å²) in [5.41, 5.74) is 0. The Morgan fingerprint density at radius 2 is 1.04 bits per heavy atom. The number of hydrogen-bond acceptors (Lipinski definition) is 2. The molecule has 0 bridgehead atoms. The zero-order chi connectivity index (χ0) is 20.4. The molecular weight excluding hydrogens is 361 g/mol. The zero-order valence-corrected chi connectivity index (χ0v) is 19.2. The number of hydrogen-bond donors (Lipinski definition) is 2. The summed E-state index contributed by atoms with van der Waals surface area (Å²) in [6.45, 7) is 4.41. The van der Waals surface area contributed by atoms with Gasteiger partial charge in [-0.15, -0.1) is 0 Å². The first-order valence-corrected chi connectivity index (χ1v) is 12.8. The Kier molecular flexibility index (Phi) is 17.0. The Balaban J connectivity index is 3.34. The standard InChI is InChI=1S/C21H46NO4P/c1-4-5-6-7-8-9-10-11-12-13-14-15-16-17-19-22(2,3)20-18-21-26-27(23,24)25/h4-21H2,1-3H3,(H-,23,24,25)/p+1. The summed E-state index contributed by atoms with van der Waals surface area (Å²) in [4.78, 5) is 17.4. The van der Waals surface area contributed by atoms with Gasteiger partial charge in [-0.1, -0.05) is 84.0 Å². The van der Waals surface area contributed by atoms with Crippen molar-refractivity contribution in [3.63, 3.8) is 0 Å². The molecule has 0 saturated carbocycles. The number of unbranched alkanes of at least 4 members (excludes halogenated alkanes) is 13. The number of phosphoric acid groups is 1. The van der Waals surface area contributed by atoms with Gasteiger partial charge in [0.1, 0.15) is 0 Å². The summed E-state index contributed by atoms with van der Waals surface area (Å²) in [6, 6.07) is 0. The summed E-state index contributed by atoms with van der Waals surface area (Å²) in [7, 11) is 0.0535. The Morgan fingerprint density at radius 3 is 1.44 bits per heavy atom. The predicted molar refractivity (Wildman–Crippen MR) is 115 cm³/mol. The highest BCUT2D eigenvalue weighted by atomic mass is 31.2. The lowest BCUT2D eigenvalue weighted by Gasteiger charge is -2.29.